The lowest BCUT2D eigenvalue weighted by atomic mass is 9.96. The predicted octanol–water partition coefficient (Wildman–Crippen LogP) is 2.97. The summed E-state index contributed by atoms with van der Waals surface area (Å²) < 4.78 is 0. The molecule has 0 saturated heterocycles. The number of rotatable bonds is 2. The van der Waals surface area contributed by atoms with Crippen LogP contribution >= 0.6 is 0 Å². The largest absolute Gasteiger partial charge is 0.504 e. The number of ketones is 1. The number of Topliss-reactive ketones (excluding diaryl/α,β-unsaturated/α-hetero) is 1. The van der Waals surface area contributed by atoms with Gasteiger partial charge in [0.05, 0.1) is 5.56 Å². The van der Waals surface area contributed by atoms with Gasteiger partial charge < -0.3 is 10.2 Å². The maximum absolute atomic E-state index is 11.5. The van der Waals surface area contributed by atoms with Crippen LogP contribution in [0.5, 0.6) is 11.5 Å². The highest BCUT2D eigenvalue weighted by Gasteiger charge is 2.16. The second kappa shape index (κ2) is 4.29. The lowest BCUT2D eigenvalue weighted by molar-refractivity contribution is 0.101. The summed E-state index contributed by atoms with van der Waals surface area (Å²) in [6.07, 6.45) is 0. The van der Waals surface area contributed by atoms with Crippen molar-refractivity contribution in [1.29, 1.82) is 0 Å². The third-order valence-corrected chi connectivity index (χ3v) is 2.59. The number of phenolic OH excluding ortho intramolecular Hbond substituents is 2. The average molecular weight is 228 g/mol. The van der Waals surface area contributed by atoms with Crippen LogP contribution in [0, 0.1) is 0 Å². The van der Waals surface area contributed by atoms with E-state index in [0.717, 1.165) is 5.56 Å². The molecule has 0 amide bonds. The van der Waals surface area contributed by atoms with Crippen LogP contribution < -0.4 is 0 Å². The molecule has 3 nitrogen and oxygen atoms in total. The fourth-order valence-corrected chi connectivity index (χ4v) is 1.79. The van der Waals surface area contributed by atoms with E-state index < -0.39 is 0 Å². The van der Waals surface area contributed by atoms with Crippen molar-refractivity contribution in [3.05, 3.63) is 48.0 Å². The van der Waals surface area contributed by atoms with Crippen LogP contribution in [-0.2, 0) is 0 Å². The molecule has 0 bridgehead atoms. The summed E-state index contributed by atoms with van der Waals surface area (Å²) in [6.45, 7) is 1.36. The molecule has 0 aromatic heterocycles. The normalized spacial score (nSPS) is 10.2. The molecule has 3 heteroatoms. The van der Waals surface area contributed by atoms with Gasteiger partial charge in [-0.25, -0.2) is 0 Å². The summed E-state index contributed by atoms with van der Waals surface area (Å²) in [6, 6.07) is 12.3. The molecule has 0 aliphatic heterocycles. The minimum Gasteiger partial charge on any atom is -0.504 e. The van der Waals surface area contributed by atoms with E-state index in [4.69, 9.17) is 0 Å². The number of aromatic hydroxyl groups is 2. The fraction of sp³-hybridized carbons (Fsp3) is 0.0714. The first-order chi connectivity index (χ1) is 8.11. The summed E-state index contributed by atoms with van der Waals surface area (Å²) in [5.74, 6) is -0.925. The Morgan fingerprint density at radius 3 is 2.24 bits per heavy atom. The molecule has 0 unspecified atom stereocenters. The second-order valence-corrected chi connectivity index (χ2v) is 3.78. The average Bonchev–Trinajstić information content (AvgIpc) is 2.33. The van der Waals surface area contributed by atoms with Crippen molar-refractivity contribution in [2.75, 3.05) is 0 Å². The van der Waals surface area contributed by atoms with Crippen molar-refractivity contribution >= 4 is 5.78 Å². The fourth-order valence-electron chi connectivity index (χ4n) is 1.79. The van der Waals surface area contributed by atoms with Gasteiger partial charge in [0.2, 0.25) is 0 Å². The highest BCUT2D eigenvalue weighted by molar-refractivity contribution is 6.04. The number of phenols is 2. The third-order valence-electron chi connectivity index (χ3n) is 2.59. The Labute approximate surface area is 99.0 Å². The van der Waals surface area contributed by atoms with Gasteiger partial charge >= 0.3 is 0 Å². The number of hydrogen-bond acceptors (Lipinski definition) is 3. The van der Waals surface area contributed by atoms with E-state index in [1.165, 1.54) is 13.0 Å². The minimum atomic E-state index is -0.362. The highest BCUT2D eigenvalue weighted by atomic mass is 16.3. The lowest BCUT2D eigenvalue weighted by Gasteiger charge is -2.10. The smallest absolute Gasteiger partial charge is 0.169 e. The monoisotopic (exact) mass is 228 g/mol. The van der Waals surface area contributed by atoms with E-state index in [2.05, 4.69) is 0 Å². The van der Waals surface area contributed by atoms with Gasteiger partial charge in [-0.15, -0.1) is 0 Å². The predicted molar refractivity (Wildman–Crippen MR) is 65.2 cm³/mol. The van der Waals surface area contributed by atoms with Crippen LogP contribution in [-0.4, -0.2) is 16.0 Å². The van der Waals surface area contributed by atoms with Crippen LogP contribution in [0.2, 0.25) is 0 Å². The van der Waals surface area contributed by atoms with Crippen LogP contribution in [0.4, 0.5) is 0 Å². The third kappa shape index (κ3) is 1.99. The Morgan fingerprint density at radius 2 is 1.65 bits per heavy atom. The molecule has 0 saturated carbocycles. The maximum Gasteiger partial charge on any atom is 0.169 e. The maximum atomic E-state index is 11.5. The van der Waals surface area contributed by atoms with Crippen molar-refractivity contribution < 1.29 is 15.0 Å². The van der Waals surface area contributed by atoms with Gasteiger partial charge in [-0.2, -0.15) is 0 Å². The van der Waals surface area contributed by atoms with Crippen molar-refractivity contribution in [3.8, 4) is 22.6 Å². The zero-order valence-corrected chi connectivity index (χ0v) is 9.34. The van der Waals surface area contributed by atoms with Gasteiger partial charge in [0.15, 0.2) is 17.3 Å². The molecule has 2 aromatic carbocycles. The van der Waals surface area contributed by atoms with Crippen LogP contribution in [0.3, 0.4) is 0 Å². The summed E-state index contributed by atoms with van der Waals surface area (Å²) >= 11 is 0. The molecule has 0 radical (unpaired) electrons. The minimum absolute atomic E-state index is 0.149. The Balaban J connectivity index is 2.71. The number of benzene rings is 2. The quantitative estimate of drug-likeness (QED) is 0.613. The molecule has 0 atom stereocenters. The SMILES string of the molecule is CC(=O)c1c(-c2ccccc2)ccc(O)c1O. The molecule has 2 N–H and O–H groups in total. The van der Waals surface area contributed by atoms with Gasteiger partial charge in [-0.3, -0.25) is 4.79 Å². The Hall–Kier alpha value is -2.29. The number of carbonyl (C=O) groups excluding carboxylic acids is 1. The van der Waals surface area contributed by atoms with Gasteiger partial charge in [0.25, 0.3) is 0 Å². The molecule has 86 valence electrons. The van der Waals surface area contributed by atoms with E-state index in [9.17, 15) is 15.0 Å². The van der Waals surface area contributed by atoms with Gasteiger partial charge in [-0.1, -0.05) is 30.3 Å². The van der Waals surface area contributed by atoms with Crippen molar-refractivity contribution in [3.63, 3.8) is 0 Å². The van der Waals surface area contributed by atoms with Gasteiger partial charge in [-0.05, 0) is 30.2 Å². The lowest BCUT2D eigenvalue weighted by Crippen LogP contribution is -1.97. The zero-order chi connectivity index (χ0) is 12.4. The summed E-state index contributed by atoms with van der Waals surface area (Å²) in [5.41, 5.74) is 1.60. The first kappa shape index (κ1) is 11.2. The van der Waals surface area contributed by atoms with E-state index in [1.54, 1.807) is 6.07 Å². The molecule has 0 aliphatic rings. The molecule has 17 heavy (non-hydrogen) atoms. The Morgan fingerprint density at radius 1 is 1.00 bits per heavy atom. The van der Waals surface area contributed by atoms with Crippen molar-refractivity contribution in [2.24, 2.45) is 0 Å². The first-order valence-corrected chi connectivity index (χ1v) is 5.22. The molecule has 2 rings (SSSR count). The highest BCUT2D eigenvalue weighted by Crippen LogP contribution is 2.36. The number of carbonyl (C=O) groups is 1. The van der Waals surface area contributed by atoms with Gasteiger partial charge in [0.1, 0.15) is 0 Å². The van der Waals surface area contributed by atoms with Crippen molar-refractivity contribution in [1.82, 2.24) is 0 Å². The Bertz CT molecular complexity index is 559. The molecule has 0 aliphatic carbocycles. The number of hydrogen-bond donors (Lipinski definition) is 2. The van der Waals surface area contributed by atoms with Crippen LogP contribution in [0.25, 0.3) is 11.1 Å². The standard InChI is InChI=1S/C14H12O3/c1-9(15)13-11(7-8-12(16)14(13)17)10-5-3-2-4-6-10/h2-8,16-17H,1H3. The van der Waals surface area contributed by atoms with Gasteiger partial charge in [0, 0.05) is 0 Å². The summed E-state index contributed by atoms with van der Waals surface area (Å²) in [5, 5.41) is 19.2. The van der Waals surface area contributed by atoms with E-state index in [-0.39, 0.29) is 22.8 Å². The molecule has 0 spiro atoms. The molecule has 0 heterocycles. The van der Waals surface area contributed by atoms with E-state index >= 15 is 0 Å². The van der Waals surface area contributed by atoms with E-state index in [0.29, 0.717) is 5.56 Å². The van der Waals surface area contributed by atoms with Crippen LogP contribution in [0.1, 0.15) is 17.3 Å². The van der Waals surface area contributed by atoms with Crippen LogP contribution in [0.15, 0.2) is 42.5 Å². The molecule has 2 aromatic rings. The first-order valence-electron chi connectivity index (χ1n) is 5.22. The molecule has 0 fully saturated rings. The molecular weight excluding hydrogens is 216 g/mol. The molecular formula is C14H12O3. The topological polar surface area (TPSA) is 57.5 Å². The summed E-state index contributed by atoms with van der Waals surface area (Å²) in [7, 11) is 0. The van der Waals surface area contributed by atoms with Crippen molar-refractivity contribution in [2.45, 2.75) is 6.92 Å². The van der Waals surface area contributed by atoms with E-state index in [1.807, 2.05) is 30.3 Å². The zero-order valence-electron chi connectivity index (χ0n) is 9.34. The Kier molecular flexibility index (Phi) is 2.83. The summed E-state index contributed by atoms with van der Waals surface area (Å²) in [4.78, 5) is 11.5. The second-order valence-electron chi connectivity index (χ2n) is 3.78.